The second-order valence-corrected chi connectivity index (χ2v) is 2.68. The highest BCUT2D eigenvalue weighted by atomic mass is 16.6. The van der Waals surface area contributed by atoms with Crippen LogP contribution in [0.5, 0.6) is 0 Å². The highest BCUT2D eigenvalue weighted by molar-refractivity contribution is 5.77. The zero-order chi connectivity index (χ0) is 10.1. The van der Waals surface area contributed by atoms with Crippen LogP contribution < -0.4 is 5.32 Å². The van der Waals surface area contributed by atoms with E-state index in [0.717, 1.165) is 0 Å². The monoisotopic (exact) mass is 193 g/mol. The standard InChI is InChI=1S/C8H7N3O3/c1-9-8-10-6-3-2-5(11(12)13)4-7(6)14-8/h2-4H,1H3,(H,9,10). The Morgan fingerprint density at radius 2 is 2.36 bits per heavy atom. The molecule has 0 aliphatic heterocycles. The Labute approximate surface area is 78.7 Å². The Morgan fingerprint density at radius 1 is 1.57 bits per heavy atom. The van der Waals surface area contributed by atoms with E-state index in [0.29, 0.717) is 17.1 Å². The van der Waals surface area contributed by atoms with Crippen LogP contribution in [0.25, 0.3) is 11.1 Å². The first-order chi connectivity index (χ1) is 6.70. The molecule has 0 atom stereocenters. The van der Waals surface area contributed by atoms with Crippen molar-refractivity contribution in [2.24, 2.45) is 0 Å². The van der Waals surface area contributed by atoms with Gasteiger partial charge in [0.15, 0.2) is 5.58 Å². The molecule has 0 amide bonds. The van der Waals surface area contributed by atoms with Gasteiger partial charge in [0.2, 0.25) is 0 Å². The number of hydrogen-bond acceptors (Lipinski definition) is 5. The van der Waals surface area contributed by atoms with Gasteiger partial charge in [-0.25, -0.2) is 0 Å². The Hall–Kier alpha value is -2.11. The number of oxazole rings is 1. The lowest BCUT2D eigenvalue weighted by molar-refractivity contribution is -0.384. The first kappa shape index (κ1) is 8.49. The van der Waals surface area contributed by atoms with Crippen molar-refractivity contribution in [3.8, 4) is 0 Å². The van der Waals surface area contributed by atoms with Crippen LogP contribution in [-0.4, -0.2) is 17.0 Å². The molecule has 0 fully saturated rings. The third kappa shape index (κ3) is 1.26. The summed E-state index contributed by atoms with van der Waals surface area (Å²) in [5.74, 6) is 0. The summed E-state index contributed by atoms with van der Waals surface area (Å²) in [7, 11) is 1.67. The lowest BCUT2D eigenvalue weighted by Crippen LogP contribution is -1.86. The van der Waals surface area contributed by atoms with Crippen LogP contribution in [0.1, 0.15) is 0 Å². The van der Waals surface area contributed by atoms with Crippen LogP contribution in [0.4, 0.5) is 11.7 Å². The largest absolute Gasteiger partial charge is 0.423 e. The lowest BCUT2D eigenvalue weighted by Gasteiger charge is -1.88. The molecule has 2 aromatic rings. The van der Waals surface area contributed by atoms with Crippen molar-refractivity contribution < 1.29 is 9.34 Å². The van der Waals surface area contributed by atoms with Crippen LogP contribution in [0.15, 0.2) is 22.6 Å². The van der Waals surface area contributed by atoms with E-state index in [4.69, 9.17) is 4.42 Å². The molecule has 6 nitrogen and oxygen atoms in total. The third-order valence-electron chi connectivity index (χ3n) is 1.80. The van der Waals surface area contributed by atoms with E-state index in [-0.39, 0.29) is 5.69 Å². The quantitative estimate of drug-likeness (QED) is 0.580. The first-order valence-electron chi connectivity index (χ1n) is 3.93. The van der Waals surface area contributed by atoms with Crippen molar-refractivity contribution in [1.82, 2.24) is 4.98 Å². The van der Waals surface area contributed by atoms with Crippen LogP contribution in [0, 0.1) is 10.1 Å². The molecule has 0 unspecified atom stereocenters. The van der Waals surface area contributed by atoms with Gasteiger partial charge in [-0.1, -0.05) is 0 Å². The van der Waals surface area contributed by atoms with Gasteiger partial charge in [-0.2, -0.15) is 4.98 Å². The lowest BCUT2D eigenvalue weighted by atomic mass is 10.3. The zero-order valence-electron chi connectivity index (χ0n) is 7.35. The van der Waals surface area contributed by atoms with Crippen molar-refractivity contribution in [3.63, 3.8) is 0 Å². The molecule has 2 rings (SSSR count). The molecule has 1 N–H and O–H groups in total. The smallest absolute Gasteiger partial charge is 0.295 e. The number of non-ortho nitro benzene ring substituents is 1. The van der Waals surface area contributed by atoms with E-state index < -0.39 is 4.92 Å². The Morgan fingerprint density at radius 3 is 3.00 bits per heavy atom. The zero-order valence-corrected chi connectivity index (χ0v) is 7.35. The van der Waals surface area contributed by atoms with Gasteiger partial charge in [0, 0.05) is 13.1 Å². The fourth-order valence-electron chi connectivity index (χ4n) is 1.13. The molecule has 0 aliphatic carbocycles. The van der Waals surface area contributed by atoms with Crippen molar-refractivity contribution in [1.29, 1.82) is 0 Å². The van der Waals surface area contributed by atoms with Crippen molar-refractivity contribution >= 4 is 22.8 Å². The van der Waals surface area contributed by atoms with E-state index in [1.54, 1.807) is 13.1 Å². The molecule has 0 saturated carbocycles. The van der Waals surface area contributed by atoms with E-state index in [1.807, 2.05) is 0 Å². The Kier molecular flexibility index (Phi) is 1.81. The Balaban J connectivity index is 2.59. The number of benzene rings is 1. The summed E-state index contributed by atoms with van der Waals surface area (Å²) in [6.07, 6.45) is 0. The third-order valence-corrected chi connectivity index (χ3v) is 1.80. The van der Waals surface area contributed by atoms with Gasteiger partial charge in [-0.15, -0.1) is 0 Å². The van der Waals surface area contributed by atoms with Gasteiger partial charge in [-0.3, -0.25) is 10.1 Å². The summed E-state index contributed by atoms with van der Waals surface area (Å²) in [5, 5.41) is 13.2. The van der Waals surface area contributed by atoms with Gasteiger partial charge in [-0.05, 0) is 6.07 Å². The topological polar surface area (TPSA) is 81.2 Å². The number of nitro benzene ring substituents is 1. The van der Waals surface area contributed by atoms with E-state index in [1.165, 1.54) is 12.1 Å². The van der Waals surface area contributed by atoms with Crippen molar-refractivity contribution in [2.45, 2.75) is 0 Å². The number of hydrogen-bond donors (Lipinski definition) is 1. The maximum Gasteiger partial charge on any atom is 0.295 e. The summed E-state index contributed by atoms with van der Waals surface area (Å²) in [6, 6.07) is 4.64. The fourth-order valence-corrected chi connectivity index (χ4v) is 1.13. The highest BCUT2D eigenvalue weighted by Gasteiger charge is 2.10. The van der Waals surface area contributed by atoms with Gasteiger partial charge in [0.1, 0.15) is 5.52 Å². The molecule has 6 heteroatoms. The number of nitro groups is 1. The summed E-state index contributed by atoms with van der Waals surface area (Å²) >= 11 is 0. The minimum atomic E-state index is -0.471. The molecule has 0 bridgehead atoms. The summed E-state index contributed by atoms with van der Waals surface area (Å²) in [4.78, 5) is 14.0. The predicted octanol–water partition coefficient (Wildman–Crippen LogP) is 1.78. The molecule has 0 saturated heterocycles. The number of nitrogens with zero attached hydrogens (tertiary/aromatic N) is 2. The molecule has 0 spiro atoms. The predicted molar refractivity (Wildman–Crippen MR) is 50.2 cm³/mol. The average Bonchev–Trinajstić information content (AvgIpc) is 2.58. The van der Waals surface area contributed by atoms with Gasteiger partial charge in [0.05, 0.1) is 11.0 Å². The molecular formula is C8H7N3O3. The summed E-state index contributed by atoms with van der Waals surface area (Å²) in [6.45, 7) is 0. The van der Waals surface area contributed by atoms with Crippen LogP contribution in [0.2, 0.25) is 0 Å². The maximum absolute atomic E-state index is 10.4. The van der Waals surface area contributed by atoms with E-state index in [9.17, 15) is 10.1 Å². The van der Waals surface area contributed by atoms with Crippen molar-refractivity contribution in [2.75, 3.05) is 12.4 Å². The van der Waals surface area contributed by atoms with Gasteiger partial charge in [0.25, 0.3) is 11.7 Å². The second kappa shape index (κ2) is 2.99. The molecule has 0 radical (unpaired) electrons. The molecule has 1 aromatic carbocycles. The van der Waals surface area contributed by atoms with Crippen LogP contribution in [-0.2, 0) is 0 Å². The summed E-state index contributed by atoms with van der Waals surface area (Å²) in [5.41, 5.74) is 1.000. The molecule has 1 aromatic heterocycles. The normalized spacial score (nSPS) is 10.4. The van der Waals surface area contributed by atoms with Crippen LogP contribution >= 0.6 is 0 Å². The molecule has 14 heavy (non-hydrogen) atoms. The fraction of sp³-hybridized carbons (Fsp3) is 0.125. The van der Waals surface area contributed by atoms with Crippen molar-refractivity contribution in [3.05, 3.63) is 28.3 Å². The van der Waals surface area contributed by atoms with E-state index >= 15 is 0 Å². The Bertz CT molecular complexity index is 492. The number of anilines is 1. The maximum atomic E-state index is 10.4. The molecule has 0 aliphatic rings. The minimum absolute atomic E-state index is 0.00342. The number of rotatable bonds is 2. The number of aromatic nitrogens is 1. The van der Waals surface area contributed by atoms with Gasteiger partial charge >= 0.3 is 0 Å². The summed E-state index contributed by atoms with van der Waals surface area (Å²) < 4.78 is 5.18. The SMILES string of the molecule is CNc1nc2ccc([N+](=O)[O-])cc2o1. The highest BCUT2D eigenvalue weighted by Crippen LogP contribution is 2.23. The molecule has 1 heterocycles. The number of fused-ring (bicyclic) bond motifs is 1. The first-order valence-corrected chi connectivity index (χ1v) is 3.93. The van der Waals surface area contributed by atoms with Gasteiger partial charge < -0.3 is 9.73 Å². The molecule has 72 valence electrons. The average molecular weight is 193 g/mol. The van der Waals surface area contributed by atoms with Crippen LogP contribution in [0.3, 0.4) is 0 Å². The number of nitrogens with one attached hydrogen (secondary N) is 1. The molecular weight excluding hydrogens is 186 g/mol. The minimum Gasteiger partial charge on any atom is -0.423 e. The van der Waals surface area contributed by atoms with E-state index in [2.05, 4.69) is 10.3 Å². The second-order valence-electron chi connectivity index (χ2n) is 2.68.